The zero-order valence-electron chi connectivity index (χ0n) is 7.34. The molecule has 1 rings (SSSR count). The minimum Gasteiger partial charge on any atom is -0.477 e. The van der Waals surface area contributed by atoms with Gasteiger partial charge in [0.2, 0.25) is 6.86 Å². The van der Waals surface area contributed by atoms with Gasteiger partial charge in [-0.25, -0.2) is 9.18 Å². The first kappa shape index (κ1) is 10.9. The number of carboxylic acid groups (broad SMARTS) is 1. The molecule has 0 spiro atoms. The minimum atomic E-state index is -1.42. The average Bonchev–Trinajstić information content (AvgIpc) is 2.17. The first-order chi connectivity index (χ1) is 7.06. The average molecular weight is 215 g/mol. The molecule has 1 N–H and O–H groups in total. The number of ether oxygens (including phenoxy) is 1. The Kier molecular flexibility index (Phi) is 3.17. The highest BCUT2D eigenvalue weighted by Gasteiger charge is 2.20. The van der Waals surface area contributed by atoms with Gasteiger partial charge in [-0.2, -0.15) is 0 Å². The van der Waals surface area contributed by atoms with Crippen LogP contribution in [0.25, 0.3) is 0 Å². The summed E-state index contributed by atoms with van der Waals surface area (Å²) in [7, 11) is 0. The molecule has 0 unspecified atom stereocenters. The number of nitrogens with zero attached hydrogens (tertiary/aromatic N) is 1. The lowest BCUT2D eigenvalue weighted by Crippen LogP contribution is -2.03. The molecule has 0 aliphatic carbocycles. The molecular weight excluding hydrogens is 209 g/mol. The second-order valence-electron chi connectivity index (χ2n) is 2.49. The van der Waals surface area contributed by atoms with E-state index >= 15 is 0 Å². The van der Waals surface area contributed by atoms with Gasteiger partial charge < -0.3 is 9.84 Å². The number of carboxylic acids is 1. The van der Waals surface area contributed by atoms with Crippen LogP contribution in [0.3, 0.4) is 0 Å². The zero-order chi connectivity index (χ0) is 11.4. The van der Waals surface area contributed by atoms with E-state index in [1.807, 2.05) is 0 Å². The van der Waals surface area contributed by atoms with Crippen LogP contribution < -0.4 is 4.74 Å². The summed E-state index contributed by atoms with van der Waals surface area (Å²) in [5.41, 5.74) is -1.10. The standard InChI is InChI=1S/C8H6FNO5/c9-4-15-5-1-2-6(8(11)12)7(3-5)10(13)14/h1-3H,4H2,(H,11,12). The van der Waals surface area contributed by atoms with Crippen molar-refractivity contribution in [3.05, 3.63) is 33.9 Å². The number of rotatable bonds is 4. The van der Waals surface area contributed by atoms with Crippen LogP contribution in [0.15, 0.2) is 18.2 Å². The number of nitro groups is 1. The molecule has 80 valence electrons. The van der Waals surface area contributed by atoms with E-state index in [9.17, 15) is 19.3 Å². The fourth-order valence-electron chi connectivity index (χ4n) is 0.996. The second kappa shape index (κ2) is 4.36. The van der Waals surface area contributed by atoms with Gasteiger partial charge in [0.1, 0.15) is 11.3 Å². The molecule has 6 nitrogen and oxygen atoms in total. The van der Waals surface area contributed by atoms with E-state index in [1.54, 1.807) is 0 Å². The van der Waals surface area contributed by atoms with Crippen LogP contribution in [0.1, 0.15) is 10.4 Å². The lowest BCUT2D eigenvalue weighted by atomic mass is 10.2. The first-order valence-electron chi connectivity index (χ1n) is 3.76. The van der Waals surface area contributed by atoms with Crippen molar-refractivity contribution in [2.24, 2.45) is 0 Å². The molecule has 0 radical (unpaired) electrons. The topological polar surface area (TPSA) is 89.7 Å². The van der Waals surface area contributed by atoms with Gasteiger partial charge in [-0.1, -0.05) is 0 Å². The van der Waals surface area contributed by atoms with Crippen molar-refractivity contribution in [1.29, 1.82) is 0 Å². The smallest absolute Gasteiger partial charge is 0.342 e. The molecule has 15 heavy (non-hydrogen) atoms. The number of aromatic carboxylic acids is 1. The van der Waals surface area contributed by atoms with Crippen LogP contribution in [0.5, 0.6) is 5.75 Å². The molecule has 1 aromatic carbocycles. The van der Waals surface area contributed by atoms with E-state index in [0.717, 1.165) is 18.2 Å². The lowest BCUT2D eigenvalue weighted by Gasteiger charge is -2.02. The molecule has 1 aromatic rings. The molecule has 0 fully saturated rings. The Morgan fingerprint density at radius 2 is 2.27 bits per heavy atom. The highest BCUT2D eigenvalue weighted by atomic mass is 19.1. The van der Waals surface area contributed by atoms with Gasteiger partial charge in [-0.15, -0.1) is 0 Å². The molecule has 0 aliphatic heterocycles. The quantitative estimate of drug-likeness (QED) is 0.608. The summed E-state index contributed by atoms with van der Waals surface area (Å²) in [6.45, 7) is -1.14. The van der Waals surface area contributed by atoms with Gasteiger partial charge in [0.25, 0.3) is 5.69 Å². The SMILES string of the molecule is O=C(O)c1ccc(OCF)cc1[N+](=O)[O-]. The Hall–Kier alpha value is -2.18. The van der Waals surface area contributed by atoms with Crippen LogP contribution in [0.2, 0.25) is 0 Å². The Morgan fingerprint density at radius 1 is 1.60 bits per heavy atom. The third-order valence-electron chi connectivity index (χ3n) is 1.62. The molecule has 0 atom stereocenters. The van der Waals surface area contributed by atoms with Gasteiger partial charge in [0.15, 0.2) is 0 Å². The zero-order valence-corrected chi connectivity index (χ0v) is 7.34. The maximum atomic E-state index is 11.8. The van der Waals surface area contributed by atoms with Gasteiger partial charge in [-0.3, -0.25) is 10.1 Å². The van der Waals surface area contributed by atoms with Gasteiger partial charge in [0, 0.05) is 0 Å². The summed E-state index contributed by atoms with van der Waals surface area (Å²) in [5.74, 6) is -1.51. The molecule has 0 aliphatic rings. The van der Waals surface area contributed by atoms with E-state index in [1.165, 1.54) is 0 Å². The molecule has 0 aromatic heterocycles. The van der Waals surface area contributed by atoms with Crippen molar-refractivity contribution < 1.29 is 24.0 Å². The third-order valence-corrected chi connectivity index (χ3v) is 1.62. The number of carbonyl (C=O) groups is 1. The van der Waals surface area contributed by atoms with E-state index in [0.29, 0.717) is 0 Å². The maximum absolute atomic E-state index is 11.8. The van der Waals surface area contributed by atoms with Crippen LogP contribution in [-0.2, 0) is 0 Å². The molecule has 7 heteroatoms. The fourth-order valence-corrected chi connectivity index (χ4v) is 0.996. The highest BCUT2D eigenvalue weighted by Crippen LogP contribution is 2.24. The molecule has 0 saturated heterocycles. The number of halogens is 1. The fraction of sp³-hybridized carbons (Fsp3) is 0.125. The normalized spacial score (nSPS) is 9.67. The van der Waals surface area contributed by atoms with Gasteiger partial charge in [0.05, 0.1) is 11.0 Å². The van der Waals surface area contributed by atoms with Crippen LogP contribution in [0.4, 0.5) is 10.1 Å². The van der Waals surface area contributed by atoms with Crippen LogP contribution in [0, 0.1) is 10.1 Å². The third kappa shape index (κ3) is 2.39. The predicted molar refractivity (Wildman–Crippen MR) is 46.7 cm³/mol. The minimum absolute atomic E-state index is 0.0887. The van der Waals surface area contributed by atoms with Crippen molar-refractivity contribution >= 4 is 11.7 Å². The number of benzene rings is 1. The van der Waals surface area contributed by atoms with E-state index < -0.39 is 29.0 Å². The van der Waals surface area contributed by atoms with Gasteiger partial charge >= 0.3 is 5.97 Å². The molecule has 0 amide bonds. The number of alkyl halides is 1. The number of hydrogen-bond donors (Lipinski definition) is 1. The largest absolute Gasteiger partial charge is 0.477 e. The Bertz CT molecular complexity index is 406. The summed E-state index contributed by atoms with van der Waals surface area (Å²) in [4.78, 5) is 20.2. The Morgan fingerprint density at radius 3 is 2.73 bits per heavy atom. The van der Waals surface area contributed by atoms with E-state index in [-0.39, 0.29) is 5.75 Å². The van der Waals surface area contributed by atoms with Crippen molar-refractivity contribution in [1.82, 2.24) is 0 Å². The summed E-state index contributed by atoms with van der Waals surface area (Å²) < 4.78 is 16.1. The summed E-state index contributed by atoms with van der Waals surface area (Å²) >= 11 is 0. The molecule has 0 heterocycles. The van der Waals surface area contributed by atoms with E-state index in [4.69, 9.17) is 5.11 Å². The summed E-state index contributed by atoms with van der Waals surface area (Å²) in [5, 5.41) is 19.1. The summed E-state index contributed by atoms with van der Waals surface area (Å²) in [6, 6.07) is 3.00. The van der Waals surface area contributed by atoms with Gasteiger partial charge in [-0.05, 0) is 12.1 Å². The maximum Gasteiger partial charge on any atom is 0.342 e. The summed E-state index contributed by atoms with van der Waals surface area (Å²) in [6.07, 6.45) is 0. The monoisotopic (exact) mass is 215 g/mol. The Labute approximate surface area is 83.0 Å². The van der Waals surface area contributed by atoms with Crippen molar-refractivity contribution in [2.75, 3.05) is 6.86 Å². The molecule has 0 saturated carbocycles. The molecule has 0 bridgehead atoms. The number of hydrogen-bond acceptors (Lipinski definition) is 4. The Balaban J connectivity index is 3.21. The van der Waals surface area contributed by atoms with Crippen molar-refractivity contribution in [2.45, 2.75) is 0 Å². The molecular formula is C8H6FNO5. The van der Waals surface area contributed by atoms with Crippen molar-refractivity contribution in [3.8, 4) is 5.75 Å². The number of nitro benzene ring substituents is 1. The highest BCUT2D eigenvalue weighted by molar-refractivity contribution is 5.92. The van der Waals surface area contributed by atoms with Crippen LogP contribution in [-0.4, -0.2) is 22.9 Å². The van der Waals surface area contributed by atoms with E-state index in [2.05, 4.69) is 4.74 Å². The van der Waals surface area contributed by atoms with Crippen LogP contribution >= 0.6 is 0 Å². The van der Waals surface area contributed by atoms with Crippen molar-refractivity contribution in [3.63, 3.8) is 0 Å². The second-order valence-corrected chi connectivity index (χ2v) is 2.49. The predicted octanol–water partition coefficient (Wildman–Crippen LogP) is 1.60. The lowest BCUT2D eigenvalue weighted by molar-refractivity contribution is -0.385. The first-order valence-corrected chi connectivity index (χ1v) is 3.76.